The van der Waals surface area contributed by atoms with E-state index in [0.29, 0.717) is 18.8 Å². The van der Waals surface area contributed by atoms with Crippen LogP contribution >= 0.6 is 28.4 Å². The number of rotatable bonds is 7. The van der Waals surface area contributed by atoms with Gasteiger partial charge in [0.2, 0.25) is 5.88 Å². The van der Waals surface area contributed by atoms with Gasteiger partial charge >= 0.3 is 6.09 Å². The fourth-order valence-electron chi connectivity index (χ4n) is 3.46. The summed E-state index contributed by atoms with van der Waals surface area (Å²) >= 11 is 2.31. The molecule has 0 spiro atoms. The number of likely N-dealkylation sites (N-methyl/N-ethyl adjacent to an activating group) is 1. The normalized spacial score (nSPS) is 11.9. The molecule has 2 atom stereocenters. The molecule has 0 fully saturated rings. The molecule has 0 aliphatic carbocycles. The van der Waals surface area contributed by atoms with Crippen molar-refractivity contribution in [2.24, 2.45) is 7.05 Å². The first-order valence-electron chi connectivity index (χ1n) is 12.5. The SMILES string of the molecule is C=Cc1nn(PI)c2c(C)nc(-c3cnn(C)c3O[C@H](C)CN(C)C(=O)OC(C)(C)C)cc12.CC.CC. The van der Waals surface area contributed by atoms with E-state index in [2.05, 4.69) is 38.8 Å². The lowest BCUT2D eigenvalue weighted by Gasteiger charge is -2.26. The molecular formula is C26H42IN6O3P. The predicted octanol–water partition coefficient (Wildman–Crippen LogP) is 7.26. The van der Waals surface area contributed by atoms with Gasteiger partial charge in [0.15, 0.2) is 0 Å². The van der Waals surface area contributed by atoms with E-state index in [0.717, 1.165) is 33.5 Å². The van der Waals surface area contributed by atoms with Gasteiger partial charge in [-0.1, -0.05) is 34.3 Å². The maximum atomic E-state index is 12.3. The van der Waals surface area contributed by atoms with E-state index < -0.39 is 11.7 Å². The van der Waals surface area contributed by atoms with E-state index in [1.165, 1.54) is 4.90 Å². The Morgan fingerprint density at radius 2 is 1.92 bits per heavy atom. The van der Waals surface area contributed by atoms with Crippen LogP contribution in [0.15, 0.2) is 18.8 Å². The molecule has 206 valence electrons. The third-order valence-corrected chi connectivity index (χ3v) is 6.70. The molecule has 1 unspecified atom stereocenters. The van der Waals surface area contributed by atoms with Crippen LogP contribution in [0.2, 0.25) is 0 Å². The Kier molecular flexibility index (Phi) is 13.0. The first-order chi connectivity index (χ1) is 17.4. The fraction of sp³-hybridized carbons (Fsp3) is 0.538. The smallest absolute Gasteiger partial charge is 0.410 e. The van der Waals surface area contributed by atoms with Crippen molar-refractivity contribution in [3.8, 4) is 17.1 Å². The van der Waals surface area contributed by atoms with Gasteiger partial charge in [-0.2, -0.15) is 10.2 Å². The number of halogens is 1. The van der Waals surface area contributed by atoms with E-state index in [4.69, 9.17) is 14.5 Å². The van der Waals surface area contributed by atoms with Crippen LogP contribution in [0.3, 0.4) is 0 Å². The molecular weight excluding hydrogens is 602 g/mol. The Labute approximate surface area is 236 Å². The number of fused-ring (bicyclic) bond motifs is 1. The molecule has 0 saturated carbocycles. The number of aryl methyl sites for hydroxylation is 2. The van der Waals surface area contributed by atoms with E-state index in [1.807, 2.05) is 79.9 Å². The molecule has 11 heteroatoms. The lowest BCUT2D eigenvalue weighted by molar-refractivity contribution is 0.0233. The van der Waals surface area contributed by atoms with Crippen molar-refractivity contribution in [1.82, 2.24) is 29.2 Å². The number of aromatic nitrogens is 5. The number of pyridine rings is 1. The van der Waals surface area contributed by atoms with Crippen LogP contribution in [0.5, 0.6) is 5.88 Å². The zero-order chi connectivity index (χ0) is 28.5. The molecule has 0 radical (unpaired) electrons. The molecule has 3 aromatic heterocycles. The minimum Gasteiger partial charge on any atom is -0.472 e. The van der Waals surface area contributed by atoms with Crippen molar-refractivity contribution in [1.29, 1.82) is 0 Å². The molecule has 0 bridgehead atoms. The highest BCUT2D eigenvalue weighted by Gasteiger charge is 2.23. The lowest BCUT2D eigenvalue weighted by Crippen LogP contribution is -2.39. The second kappa shape index (κ2) is 14.7. The van der Waals surface area contributed by atoms with Crippen LogP contribution in [0.1, 0.15) is 66.8 Å². The van der Waals surface area contributed by atoms with Gasteiger partial charge < -0.3 is 14.4 Å². The first-order valence-corrected chi connectivity index (χ1v) is 16.5. The number of nitrogens with zero attached hydrogens (tertiary/aromatic N) is 6. The maximum absolute atomic E-state index is 12.3. The molecule has 0 saturated heterocycles. The average molecular weight is 645 g/mol. The van der Waals surface area contributed by atoms with E-state index >= 15 is 0 Å². The molecule has 3 rings (SSSR count). The predicted molar refractivity (Wildman–Crippen MR) is 164 cm³/mol. The summed E-state index contributed by atoms with van der Waals surface area (Å²) in [6.45, 7) is 21.7. The monoisotopic (exact) mass is 644 g/mol. The van der Waals surface area contributed by atoms with Crippen LogP contribution in [0.4, 0.5) is 4.79 Å². The van der Waals surface area contributed by atoms with E-state index in [-0.39, 0.29) is 6.10 Å². The number of ether oxygens (including phenoxy) is 2. The van der Waals surface area contributed by atoms with Gasteiger partial charge in [0, 0.05) is 19.5 Å². The van der Waals surface area contributed by atoms with Crippen molar-refractivity contribution < 1.29 is 14.3 Å². The summed E-state index contributed by atoms with van der Waals surface area (Å²) in [5.41, 5.74) is 3.66. The van der Waals surface area contributed by atoms with Gasteiger partial charge in [0.25, 0.3) is 0 Å². The largest absolute Gasteiger partial charge is 0.472 e. The fourth-order valence-corrected chi connectivity index (χ4v) is 5.02. The third-order valence-electron chi connectivity index (χ3n) is 4.85. The van der Waals surface area contributed by atoms with Crippen molar-refractivity contribution in [2.45, 2.75) is 74.0 Å². The van der Waals surface area contributed by atoms with Crippen LogP contribution < -0.4 is 4.74 Å². The van der Waals surface area contributed by atoms with Crippen molar-refractivity contribution >= 4 is 51.5 Å². The van der Waals surface area contributed by atoms with E-state index in [9.17, 15) is 4.79 Å². The topological polar surface area (TPSA) is 87.3 Å². The summed E-state index contributed by atoms with van der Waals surface area (Å²) in [5.74, 6) is 0.578. The summed E-state index contributed by atoms with van der Waals surface area (Å²) in [4.78, 5) is 18.6. The summed E-state index contributed by atoms with van der Waals surface area (Å²) in [6.07, 6.45) is 3.27. The van der Waals surface area contributed by atoms with Gasteiger partial charge in [-0.05, 0) is 68.8 Å². The number of hydrogen-bond donors (Lipinski definition) is 0. The molecule has 9 nitrogen and oxygen atoms in total. The Balaban J connectivity index is 0.00000163. The molecule has 0 aromatic carbocycles. The van der Waals surface area contributed by atoms with Gasteiger partial charge in [-0.25, -0.2) is 13.9 Å². The molecule has 37 heavy (non-hydrogen) atoms. The second-order valence-corrected chi connectivity index (χ2v) is 10.9. The Hall–Kier alpha value is -2.20. The first kappa shape index (κ1) is 32.8. The third kappa shape index (κ3) is 8.40. The minimum absolute atomic E-state index is 0.298. The van der Waals surface area contributed by atoms with Gasteiger partial charge in [-0.3, -0.25) is 4.98 Å². The molecule has 3 aromatic rings. The Bertz CT molecular complexity index is 1190. The number of carbonyl (C=O) groups is 1. The number of amides is 1. The summed E-state index contributed by atoms with van der Waals surface area (Å²) in [7, 11) is 3.51. The number of hydrogen-bond acceptors (Lipinski definition) is 6. The van der Waals surface area contributed by atoms with Gasteiger partial charge in [0.05, 0.1) is 47.3 Å². The zero-order valence-corrected chi connectivity index (χ0v) is 27.2. The van der Waals surface area contributed by atoms with Crippen LogP contribution in [-0.2, 0) is 11.8 Å². The maximum Gasteiger partial charge on any atom is 0.410 e. The van der Waals surface area contributed by atoms with Crippen LogP contribution in [0, 0.1) is 6.92 Å². The highest BCUT2D eigenvalue weighted by Crippen LogP contribution is 2.36. The molecule has 0 aliphatic rings. The van der Waals surface area contributed by atoms with Crippen molar-refractivity contribution in [3.05, 3.63) is 30.2 Å². The molecule has 3 heterocycles. The Morgan fingerprint density at radius 3 is 2.46 bits per heavy atom. The van der Waals surface area contributed by atoms with Crippen molar-refractivity contribution in [3.63, 3.8) is 0 Å². The average Bonchev–Trinajstić information content (AvgIpc) is 3.40. The van der Waals surface area contributed by atoms with Crippen LogP contribution in [-0.4, -0.2) is 60.6 Å². The zero-order valence-electron chi connectivity index (χ0n) is 24.0. The highest BCUT2D eigenvalue weighted by molar-refractivity contribution is 14.2. The molecule has 1 amide bonds. The van der Waals surface area contributed by atoms with Crippen LogP contribution in [0.25, 0.3) is 28.2 Å². The van der Waals surface area contributed by atoms with Crippen molar-refractivity contribution in [2.75, 3.05) is 13.6 Å². The second-order valence-electron chi connectivity index (χ2n) is 8.85. The quantitative estimate of drug-likeness (QED) is 0.199. The Morgan fingerprint density at radius 1 is 1.30 bits per heavy atom. The van der Waals surface area contributed by atoms with Gasteiger partial charge in [0.1, 0.15) is 11.7 Å². The summed E-state index contributed by atoms with van der Waals surface area (Å²) in [5, 5.41) is 10.0. The van der Waals surface area contributed by atoms with Gasteiger partial charge in [-0.15, -0.1) is 0 Å². The number of carbonyl (C=O) groups excluding carboxylic acids is 1. The summed E-state index contributed by atoms with van der Waals surface area (Å²) in [6, 6.07) is 2.00. The molecule has 0 aliphatic heterocycles. The van der Waals surface area contributed by atoms with E-state index in [1.54, 1.807) is 24.0 Å². The molecule has 0 N–H and O–H groups in total. The minimum atomic E-state index is -0.553. The summed E-state index contributed by atoms with van der Waals surface area (Å²) < 4.78 is 15.3. The lowest BCUT2D eigenvalue weighted by atomic mass is 10.1. The standard InChI is InChI=1S/C22H30IN6O3P.2C2H6/c1-9-17-15-10-18(25-14(3)19(15)29(26-17)33-23)16-11-24-28(8)20(16)31-13(2)12-27(7)21(30)32-22(4,5)6;2*1-2/h9-11,13,33H,1,12H2,2-8H3;2*1-2H3/t13-;;/m1../s1. The highest BCUT2D eigenvalue weighted by atomic mass is 127.